The Labute approximate surface area is 291 Å². The molecule has 0 aliphatic rings. The van der Waals surface area contributed by atoms with Crippen molar-refractivity contribution in [1.29, 1.82) is 0 Å². The molecule has 0 radical (unpaired) electrons. The van der Waals surface area contributed by atoms with Crippen LogP contribution in [0.1, 0.15) is 0 Å². The second-order valence-electron chi connectivity index (χ2n) is 12.4. The van der Waals surface area contributed by atoms with Gasteiger partial charge in [0.2, 0.25) is 0 Å². The standard InChI is InChI=1S/C46H32N4/c1-3-15-39(16-4-1)49(40-17-5-2-6-18-40)41-19-11-13-33(27-41)35-25-37(31-47-29-35)38-26-36(30-48-32-38)34-14-12-20-42(28-34)50-45-23-9-7-21-43(45)44-22-8-10-24-46(44)50/h1-32H. The van der Waals surface area contributed by atoms with Crippen molar-refractivity contribution in [2.75, 3.05) is 4.90 Å². The molecule has 0 spiro atoms. The molecule has 0 saturated carbocycles. The van der Waals surface area contributed by atoms with Gasteiger partial charge in [-0.2, -0.15) is 0 Å². The van der Waals surface area contributed by atoms with E-state index < -0.39 is 0 Å². The molecule has 4 heteroatoms. The van der Waals surface area contributed by atoms with E-state index in [0.29, 0.717) is 0 Å². The maximum absolute atomic E-state index is 4.70. The van der Waals surface area contributed by atoms with Gasteiger partial charge < -0.3 is 9.47 Å². The number of rotatable bonds is 7. The molecule has 0 bridgehead atoms. The van der Waals surface area contributed by atoms with Crippen molar-refractivity contribution in [1.82, 2.24) is 14.5 Å². The van der Waals surface area contributed by atoms with Crippen molar-refractivity contribution in [3.05, 3.63) is 195 Å². The summed E-state index contributed by atoms with van der Waals surface area (Å²) in [5, 5.41) is 2.51. The molecule has 9 aromatic rings. The van der Waals surface area contributed by atoms with Crippen molar-refractivity contribution in [3.63, 3.8) is 0 Å². The van der Waals surface area contributed by atoms with Gasteiger partial charge in [-0.05, 0) is 83.9 Å². The zero-order valence-electron chi connectivity index (χ0n) is 27.3. The first-order chi connectivity index (χ1) is 24.8. The van der Waals surface area contributed by atoms with Crippen molar-refractivity contribution in [3.8, 4) is 39.1 Å². The molecule has 4 nitrogen and oxygen atoms in total. The largest absolute Gasteiger partial charge is 0.310 e. The Morgan fingerprint density at radius 3 is 1.34 bits per heavy atom. The SMILES string of the molecule is c1ccc(N(c2ccccc2)c2cccc(-c3cncc(-c4cncc(-c5cccc(-n6c7ccccc7c7ccccc76)c5)c4)c3)c2)cc1. The smallest absolute Gasteiger partial charge is 0.0541 e. The van der Waals surface area contributed by atoms with Crippen LogP contribution >= 0.6 is 0 Å². The van der Waals surface area contributed by atoms with Gasteiger partial charge in [0, 0.05) is 80.6 Å². The molecule has 0 amide bonds. The monoisotopic (exact) mass is 640 g/mol. The van der Waals surface area contributed by atoms with E-state index in [1.807, 2.05) is 36.9 Å². The molecule has 0 unspecified atom stereocenters. The summed E-state index contributed by atoms with van der Waals surface area (Å²) in [5.74, 6) is 0. The first-order valence-electron chi connectivity index (χ1n) is 16.8. The quantitative estimate of drug-likeness (QED) is 0.174. The highest BCUT2D eigenvalue weighted by molar-refractivity contribution is 6.09. The van der Waals surface area contributed by atoms with Crippen LogP contribution in [0, 0.1) is 0 Å². The molecule has 0 aliphatic heterocycles. The maximum atomic E-state index is 4.70. The van der Waals surface area contributed by atoms with Gasteiger partial charge in [0.15, 0.2) is 0 Å². The third kappa shape index (κ3) is 5.39. The molecular formula is C46H32N4. The number of aromatic nitrogens is 3. The van der Waals surface area contributed by atoms with Gasteiger partial charge >= 0.3 is 0 Å². The molecule has 0 fully saturated rings. The summed E-state index contributed by atoms with van der Waals surface area (Å²) in [6, 6.07) is 60.0. The van der Waals surface area contributed by atoms with E-state index in [1.165, 1.54) is 21.8 Å². The molecule has 0 saturated heterocycles. The molecule has 236 valence electrons. The zero-order valence-corrected chi connectivity index (χ0v) is 27.3. The molecule has 0 atom stereocenters. The normalized spacial score (nSPS) is 11.2. The van der Waals surface area contributed by atoms with Gasteiger partial charge in [0.05, 0.1) is 11.0 Å². The number of hydrogen-bond donors (Lipinski definition) is 0. The number of benzene rings is 6. The Morgan fingerprint density at radius 1 is 0.340 bits per heavy atom. The maximum Gasteiger partial charge on any atom is 0.0541 e. The fourth-order valence-corrected chi connectivity index (χ4v) is 6.96. The van der Waals surface area contributed by atoms with E-state index >= 15 is 0 Å². The minimum absolute atomic E-state index is 1.02. The van der Waals surface area contributed by atoms with Crippen molar-refractivity contribution >= 4 is 38.9 Å². The molecule has 0 aliphatic carbocycles. The number of nitrogens with zero attached hydrogens (tertiary/aromatic N) is 4. The number of fused-ring (bicyclic) bond motifs is 3. The number of anilines is 3. The highest BCUT2D eigenvalue weighted by atomic mass is 15.1. The van der Waals surface area contributed by atoms with Gasteiger partial charge in [-0.25, -0.2) is 0 Å². The average molecular weight is 641 g/mol. The third-order valence-corrected chi connectivity index (χ3v) is 9.29. The topological polar surface area (TPSA) is 34.0 Å². The lowest BCUT2D eigenvalue weighted by Crippen LogP contribution is -2.09. The summed E-state index contributed by atoms with van der Waals surface area (Å²) in [6.07, 6.45) is 7.72. The first-order valence-corrected chi connectivity index (χ1v) is 16.8. The van der Waals surface area contributed by atoms with Gasteiger partial charge in [-0.15, -0.1) is 0 Å². The van der Waals surface area contributed by atoms with Gasteiger partial charge in [-0.3, -0.25) is 9.97 Å². The highest BCUT2D eigenvalue weighted by Crippen LogP contribution is 2.37. The zero-order chi connectivity index (χ0) is 33.3. The van der Waals surface area contributed by atoms with E-state index in [-0.39, 0.29) is 0 Å². The molecule has 0 N–H and O–H groups in total. The molecule has 3 heterocycles. The van der Waals surface area contributed by atoms with E-state index in [4.69, 9.17) is 9.97 Å². The van der Waals surface area contributed by atoms with Crippen molar-refractivity contribution in [2.45, 2.75) is 0 Å². The highest BCUT2D eigenvalue weighted by Gasteiger charge is 2.15. The Bertz CT molecular complexity index is 2510. The van der Waals surface area contributed by atoms with Crippen LogP contribution < -0.4 is 4.90 Å². The minimum atomic E-state index is 1.02. The van der Waals surface area contributed by atoms with Gasteiger partial charge in [0.1, 0.15) is 0 Å². The van der Waals surface area contributed by atoms with Gasteiger partial charge in [-0.1, -0.05) is 97.1 Å². The molecule has 9 rings (SSSR count). The third-order valence-electron chi connectivity index (χ3n) is 9.29. The summed E-state index contributed by atoms with van der Waals surface area (Å²) in [7, 11) is 0. The van der Waals surface area contributed by atoms with Gasteiger partial charge in [0.25, 0.3) is 0 Å². The van der Waals surface area contributed by atoms with E-state index in [0.717, 1.165) is 56.1 Å². The van der Waals surface area contributed by atoms with E-state index in [2.05, 4.69) is 167 Å². The minimum Gasteiger partial charge on any atom is -0.310 e. The second kappa shape index (κ2) is 12.7. The molecule has 50 heavy (non-hydrogen) atoms. The summed E-state index contributed by atoms with van der Waals surface area (Å²) in [5.41, 5.74) is 13.1. The Kier molecular flexibility index (Phi) is 7.45. The summed E-state index contributed by atoms with van der Waals surface area (Å²) < 4.78 is 2.35. The lowest BCUT2D eigenvalue weighted by atomic mass is 9.99. The average Bonchev–Trinajstić information content (AvgIpc) is 3.54. The number of para-hydroxylation sites is 4. The van der Waals surface area contributed by atoms with Crippen molar-refractivity contribution in [2.24, 2.45) is 0 Å². The van der Waals surface area contributed by atoms with Crippen LogP contribution in [-0.2, 0) is 0 Å². The van der Waals surface area contributed by atoms with Crippen LogP contribution in [-0.4, -0.2) is 14.5 Å². The fourth-order valence-electron chi connectivity index (χ4n) is 6.96. The van der Waals surface area contributed by atoms with Crippen LogP contribution in [0.15, 0.2) is 195 Å². The van der Waals surface area contributed by atoms with Crippen LogP contribution in [0.2, 0.25) is 0 Å². The van der Waals surface area contributed by atoms with Crippen molar-refractivity contribution < 1.29 is 0 Å². The van der Waals surface area contributed by atoms with E-state index in [1.54, 1.807) is 0 Å². The predicted molar refractivity (Wildman–Crippen MR) is 207 cm³/mol. The summed E-state index contributed by atoms with van der Waals surface area (Å²) in [6.45, 7) is 0. The summed E-state index contributed by atoms with van der Waals surface area (Å²) in [4.78, 5) is 11.7. The summed E-state index contributed by atoms with van der Waals surface area (Å²) >= 11 is 0. The van der Waals surface area contributed by atoms with E-state index in [9.17, 15) is 0 Å². The first kappa shape index (κ1) is 29.4. The van der Waals surface area contributed by atoms with Crippen LogP contribution in [0.25, 0.3) is 60.9 Å². The lowest BCUT2D eigenvalue weighted by Gasteiger charge is -2.25. The Morgan fingerprint density at radius 2 is 0.780 bits per heavy atom. The Hall–Kier alpha value is -6.78. The van der Waals surface area contributed by atoms with Crippen LogP contribution in [0.3, 0.4) is 0 Å². The molecule has 3 aromatic heterocycles. The fraction of sp³-hybridized carbons (Fsp3) is 0. The molecular weight excluding hydrogens is 609 g/mol. The van der Waals surface area contributed by atoms with Crippen LogP contribution in [0.5, 0.6) is 0 Å². The number of pyridine rings is 2. The Balaban J connectivity index is 1.07. The van der Waals surface area contributed by atoms with Crippen LogP contribution in [0.4, 0.5) is 17.1 Å². The molecule has 6 aromatic carbocycles. The predicted octanol–water partition coefficient (Wildman–Crippen LogP) is 12.0. The second-order valence-corrected chi connectivity index (χ2v) is 12.4. The number of hydrogen-bond acceptors (Lipinski definition) is 3. The lowest BCUT2D eigenvalue weighted by molar-refractivity contribution is 1.18.